The predicted molar refractivity (Wildman–Crippen MR) is 79.1 cm³/mol. The van der Waals surface area contributed by atoms with E-state index in [0.717, 1.165) is 31.6 Å². The summed E-state index contributed by atoms with van der Waals surface area (Å²) in [4.78, 5) is 0. The highest BCUT2D eigenvalue weighted by atomic mass is 35.5. The van der Waals surface area contributed by atoms with Crippen LogP contribution in [0.5, 0.6) is 0 Å². The molecule has 2 unspecified atom stereocenters. The summed E-state index contributed by atoms with van der Waals surface area (Å²) in [7, 11) is 0. The quantitative estimate of drug-likeness (QED) is 0.817. The van der Waals surface area contributed by atoms with E-state index in [-0.39, 0.29) is 11.4 Å². The van der Waals surface area contributed by atoms with Crippen LogP contribution in [0, 0.1) is 11.7 Å². The molecule has 1 saturated carbocycles. The Morgan fingerprint density at radius 2 is 2.21 bits per heavy atom. The number of halogens is 2. The van der Waals surface area contributed by atoms with Crippen LogP contribution < -0.4 is 11.1 Å². The summed E-state index contributed by atoms with van der Waals surface area (Å²) < 4.78 is 13.3. The summed E-state index contributed by atoms with van der Waals surface area (Å²) in [6, 6.07) is 4.41. The van der Waals surface area contributed by atoms with Crippen molar-refractivity contribution in [3.63, 3.8) is 0 Å². The lowest BCUT2D eigenvalue weighted by molar-refractivity contribution is 0.409. The highest BCUT2D eigenvalue weighted by molar-refractivity contribution is 6.33. The molecule has 1 aliphatic rings. The van der Waals surface area contributed by atoms with E-state index >= 15 is 0 Å². The van der Waals surface area contributed by atoms with Gasteiger partial charge in [0.2, 0.25) is 0 Å². The van der Waals surface area contributed by atoms with Crippen LogP contribution in [0.2, 0.25) is 5.02 Å². The number of anilines is 1. The van der Waals surface area contributed by atoms with Crippen LogP contribution in [-0.4, -0.2) is 12.1 Å². The van der Waals surface area contributed by atoms with E-state index in [2.05, 4.69) is 12.2 Å². The standard InChI is InChI=1S/C15H22ClFN2/c1-11-3-2-7-15(10-18,8-6-11)19-14-9-12(17)4-5-13(14)16/h4-5,9,11,19H,2-3,6-8,10,18H2,1H3. The molecule has 1 aromatic rings. The Kier molecular flexibility index (Phi) is 4.69. The first-order valence-corrected chi connectivity index (χ1v) is 7.36. The summed E-state index contributed by atoms with van der Waals surface area (Å²) in [5, 5.41) is 3.96. The normalized spacial score (nSPS) is 27.9. The van der Waals surface area contributed by atoms with E-state index in [1.54, 1.807) is 6.07 Å². The number of hydrogen-bond acceptors (Lipinski definition) is 2. The zero-order chi connectivity index (χ0) is 13.9. The molecule has 0 saturated heterocycles. The minimum absolute atomic E-state index is 0.151. The molecular weight excluding hydrogens is 263 g/mol. The molecule has 0 heterocycles. The van der Waals surface area contributed by atoms with Crippen LogP contribution in [0.15, 0.2) is 18.2 Å². The van der Waals surface area contributed by atoms with Gasteiger partial charge in [-0.1, -0.05) is 31.4 Å². The highest BCUT2D eigenvalue weighted by Crippen LogP contribution is 2.34. The lowest BCUT2D eigenvalue weighted by Crippen LogP contribution is -2.45. The minimum Gasteiger partial charge on any atom is -0.377 e. The maximum atomic E-state index is 13.3. The molecule has 106 valence electrons. The van der Waals surface area contributed by atoms with Gasteiger partial charge in [-0.05, 0) is 43.4 Å². The van der Waals surface area contributed by atoms with E-state index in [1.165, 1.54) is 18.6 Å². The van der Waals surface area contributed by atoms with Crippen molar-refractivity contribution in [2.75, 3.05) is 11.9 Å². The van der Waals surface area contributed by atoms with Gasteiger partial charge in [-0.15, -0.1) is 0 Å². The van der Waals surface area contributed by atoms with Gasteiger partial charge in [0.25, 0.3) is 0 Å². The van der Waals surface area contributed by atoms with Gasteiger partial charge in [0, 0.05) is 12.1 Å². The Morgan fingerprint density at radius 3 is 2.95 bits per heavy atom. The molecule has 1 aliphatic carbocycles. The van der Waals surface area contributed by atoms with Gasteiger partial charge in [0.05, 0.1) is 10.7 Å². The summed E-state index contributed by atoms with van der Waals surface area (Å²) in [6.45, 7) is 2.83. The summed E-state index contributed by atoms with van der Waals surface area (Å²) in [5.41, 5.74) is 6.49. The fourth-order valence-corrected chi connectivity index (χ4v) is 3.00. The van der Waals surface area contributed by atoms with E-state index in [0.29, 0.717) is 17.3 Å². The van der Waals surface area contributed by atoms with Gasteiger partial charge in [-0.3, -0.25) is 0 Å². The van der Waals surface area contributed by atoms with Gasteiger partial charge in [-0.2, -0.15) is 0 Å². The third-order valence-electron chi connectivity index (χ3n) is 4.19. The molecule has 2 atom stereocenters. The number of nitrogens with one attached hydrogen (secondary N) is 1. The average molecular weight is 285 g/mol. The Balaban J connectivity index is 2.19. The molecule has 3 N–H and O–H groups in total. The molecular formula is C15H22ClFN2. The summed E-state index contributed by atoms with van der Waals surface area (Å²) in [5.74, 6) is 0.458. The molecule has 19 heavy (non-hydrogen) atoms. The number of benzene rings is 1. The molecule has 1 fully saturated rings. The number of nitrogens with two attached hydrogens (primary N) is 1. The molecule has 2 nitrogen and oxygen atoms in total. The van der Waals surface area contributed by atoms with Crippen molar-refractivity contribution in [1.82, 2.24) is 0 Å². The Hall–Kier alpha value is -0.800. The summed E-state index contributed by atoms with van der Waals surface area (Å²) >= 11 is 6.13. The molecule has 0 aliphatic heterocycles. The summed E-state index contributed by atoms with van der Waals surface area (Å²) in [6.07, 6.45) is 5.56. The second kappa shape index (κ2) is 6.10. The molecule has 0 radical (unpaired) electrons. The topological polar surface area (TPSA) is 38.0 Å². The van der Waals surface area contributed by atoms with Crippen LogP contribution in [0.25, 0.3) is 0 Å². The molecule has 0 amide bonds. The van der Waals surface area contributed by atoms with Crippen molar-refractivity contribution in [1.29, 1.82) is 0 Å². The third kappa shape index (κ3) is 3.61. The van der Waals surface area contributed by atoms with E-state index in [9.17, 15) is 4.39 Å². The van der Waals surface area contributed by atoms with Gasteiger partial charge in [-0.25, -0.2) is 4.39 Å². The van der Waals surface area contributed by atoms with Gasteiger partial charge >= 0.3 is 0 Å². The van der Waals surface area contributed by atoms with Crippen LogP contribution in [-0.2, 0) is 0 Å². The second-order valence-electron chi connectivity index (χ2n) is 5.77. The van der Waals surface area contributed by atoms with Crippen LogP contribution in [0.4, 0.5) is 10.1 Å². The van der Waals surface area contributed by atoms with Crippen molar-refractivity contribution in [2.45, 2.75) is 44.6 Å². The molecule has 0 spiro atoms. The smallest absolute Gasteiger partial charge is 0.125 e. The number of rotatable bonds is 3. The van der Waals surface area contributed by atoms with E-state index in [4.69, 9.17) is 17.3 Å². The maximum absolute atomic E-state index is 13.3. The lowest BCUT2D eigenvalue weighted by Gasteiger charge is -2.34. The molecule has 2 rings (SSSR count). The first-order chi connectivity index (χ1) is 9.04. The fourth-order valence-electron chi connectivity index (χ4n) is 2.84. The van der Waals surface area contributed by atoms with Crippen molar-refractivity contribution in [3.05, 3.63) is 29.0 Å². The molecule has 0 bridgehead atoms. The van der Waals surface area contributed by atoms with Gasteiger partial charge in [0.1, 0.15) is 5.82 Å². The second-order valence-corrected chi connectivity index (χ2v) is 6.18. The van der Waals surface area contributed by atoms with Crippen molar-refractivity contribution in [3.8, 4) is 0 Å². The van der Waals surface area contributed by atoms with Crippen LogP contribution >= 0.6 is 11.6 Å². The lowest BCUT2D eigenvalue weighted by atomic mass is 9.89. The number of hydrogen-bond donors (Lipinski definition) is 2. The van der Waals surface area contributed by atoms with Crippen LogP contribution in [0.1, 0.15) is 39.0 Å². The monoisotopic (exact) mass is 284 g/mol. The molecule has 4 heteroatoms. The van der Waals surface area contributed by atoms with Crippen molar-refractivity contribution in [2.24, 2.45) is 11.7 Å². The van der Waals surface area contributed by atoms with E-state index in [1.807, 2.05) is 0 Å². The molecule has 0 aromatic heterocycles. The largest absolute Gasteiger partial charge is 0.377 e. The highest BCUT2D eigenvalue weighted by Gasteiger charge is 2.31. The van der Waals surface area contributed by atoms with Crippen LogP contribution in [0.3, 0.4) is 0 Å². The van der Waals surface area contributed by atoms with Crippen molar-refractivity contribution >= 4 is 17.3 Å². The van der Waals surface area contributed by atoms with Gasteiger partial charge < -0.3 is 11.1 Å². The third-order valence-corrected chi connectivity index (χ3v) is 4.52. The Bertz CT molecular complexity index is 438. The Morgan fingerprint density at radius 1 is 1.42 bits per heavy atom. The zero-order valence-corrected chi connectivity index (χ0v) is 12.1. The molecule has 1 aromatic carbocycles. The SMILES string of the molecule is CC1CCCC(CN)(Nc2cc(F)ccc2Cl)CC1. The van der Waals surface area contributed by atoms with Gasteiger partial charge in [0.15, 0.2) is 0 Å². The fraction of sp³-hybridized carbons (Fsp3) is 0.600. The first kappa shape index (κ1) is 14.6. The maximum Gasteiger partial charge on any atom is 0.125 e. The van der Waals surface area contributed by atoms with E-state index < -0.39 is 0 Å². The van der Waals surface area contributed by atoms with Crippen molar-refractivity contribution < 1.29 is 4.39 Å². The first-order valence-electron chi connectivity index (χ1n) is 6.98. The Labute approximate surface area is 119 Å². The minimum atomic E-state index is -0.277. The predicted octanol–water partition coefficient (Wildman–Crippen LogP) is 4.19. The zero-order valence-electron chi connectivity index (χ0n) is 11.4. The average Bonchev–Trinajstić information content (AvgIpc) is 2.57.